The Morgan fingerprint density at radius 2 is 1.93 bits per heavy atom. The fourth-order valence-electron chi connectivity index (χ4n) is 2.70. The first-order valence-corrected chi connectivity index (χ1v) is 8.80. The Bertz CT molecular complexity index is 865. The molecule has 0 aliphatic rings. The number of benzene rings is 2. The van der Waals surface area contributed by atoms with Crippen LogP contribution in [0, 0.1) is 0 Å². The van der Waals surface area contributed by atoms with Gasteiger partial charge < -0.3 is 15.4 Å². The Kier molecular flexibility index (Phi) is 8.73. The third kappa shape index (κ3) is 6.22. The number of nitrogens with one attached hydrogen (secondary N) is 3. The number of guanidine groups is 1. The Labute approximate surface area is 182 Å². The highest BCUT2D eigenvalue weighted by Gasteiger charge is 2.03. The van der Waals surface area contributed by atoms with Gasteiger partial charge in [0, 0.05) is 25.7 Å². The number of methoxy groups -OCH3 is 1. The summed E-state index contributed by atoms with van der Waals surface area (Å²) in [5.74, 6) is 2.41. The summed E-state index contributed by atoms with van der Waals surface area (Å²) in [6.07, 6.45) is 2.42. The van der Waals surface area contributed by atoms with E-state index >= 15 is 0 Å². The zero-order valence-electron chi connectivity index (χ0n) is 16.0. The Hall–Kier alpha value is -2.62. The third-order valence-electron chi connectivity index (χ3n) is 4.16. The summed E-state index contributed by atoms with van der Waals surface area (Å²) in [6, 6.07) is 16.3. The van der Waals surface area contributed by atoms with Crippen LogP contribution in [0.15, 0.2) is 59.9 Å². The van der Waals surface area contributed by atoms with Crippen LogP contribution < -0.4 is 15.4 Å². The topological polar surface area (TPSA) is 87.2 Å². The number of rotatable bonds is 7. The minimum Gasteiger partial charge on any atom is -0.497 e. The predicted molar refractivity (Wildman–Crippen MR) is 122 cm³/mol. The molecule has 0 saturated heterocycles. The van der Waals surface area contributed by atoms with Crippen molar-refractivity contribution in [2.45, 2.75) is 13.0 Å². The van der Waals surface area contributed by atoms with E-state index < -0.39 is 0 Å². The monoisotopic (exact) mass is 492 g/mol. The second kappa shape index (κ2) is 11.3. The summed E-state index contributed by atoms with van der Waals surface area (Å²) in [4.78, 5) is 8.47. The number of aromatic amines is 1. The Morgan fingerprint density at radius 1 is 1.11 bits per heavy atom. The first-order valence-electron chi connectivity index (χ1n) is 8.80. The number of ether oxygens (including phenoxy) is 1. The van der Waals surface area contributed by atoms with Gasteiger partial charge >= 0.3 is 0 Å². The SMILES string of the molecule is CN=C(NCCc1ccc(OC)cc1)NCc1cccc(-c2ncn[nH]2)c1.I. The second-order valence-electron chi connectivity index (χ2n) is 5.99. The minimum atomic E-state index is 0. The maximum atomic E-state index is 5.18. The van der Waals surface area contributed by atoms with E-state index in [4.69, 9.17) is 4.74 Å². The quantitative estimate of drug-likeness (QED) is 0.268. The zero-order valence-corrected chi connectivity index (χ0v) is 18.3. The van der Waals surface area contributed by atoms with Crippen molar-refractivity contribution in [3.63, 3.8) is 0 Å². The van der Waals surface area contributed by atoms with Crippen LogP contribution in [-0.2, 0) is 13.0 Å². The molecule has 1 aromatic heterocycles. The van der Waals surface area contributed by atoms with Gasteiger partial charge in [0.15, 0.2) is 11.8 Å². The molecular weight excluding hydrogens is 467 g/mol. The van der Waals surface area contributed by atoms with Gasteiger partial charge in [-0.2, -0.15) is 5.10 Å². The van der Waals surface area contributed by atoms with Crippen LogP contribution in [0.3, 0.4) is 0 Å². The smallest absolute Gasteiger partial charge is 0.191 e. The van der Waals surface area contributed by atoms with E-state index in [9.17, 15) is 0 Å². The summed E-state index contributed by atoms with van der Waals surface area (Å²) in [7, 11) is 3.45. The minimum absolute atomic E-state index is 0. The molecule has 0 aliphatic heterocycles. The number of H-pyrrole nitrogens is 1. The number of aliphatic imine (C=N–C) groups is 1. The van der Waals surface area contributed by atoms with Gasteiger partial charge in [0.1, 0.15) is 12.1 Å². The van der Waals surface area contributed by atoms with Crippen molar-refractivity contribution in [3.8, 4) is 17.1 Å². The van der Waals surface area contributed by atoms with Gasteiger partial charge in [0.2, 0.25) is 0 Å². The van der Waals surface area contributed by atoms with Gasteiger partial charge in [-0.05, 0) is 35.7 Å². The van der Waals surface area contributed by atoms with E-state index in [1.165, 1.54) is 11.9 Å². The van der Waals surface area contributed by atoms with Crippen molar-refractivity contribution in [2.24, 2.45) is 4.99 Å². The molecule has 0 spiro atoms. The van der Waals surface area contributed by atoms with E-state index in [0.29, 0.717) is 6.54 Å². The molecular formula is C20H25IN6O. The first-order chi connectivity index (χ1) is 13.3. The maximum Gasteiger partial charge on any atom is 0.191 e. The fourth-order valence-corrected chi connectivity index (χ4v) is 2.70. The molecule has 3 N–H and O–H groups in total. The molecule has 1 heterocycles. The Morgan fingerprint density at radius 3 is 2.61 bits per heavy atom. The molecule has 0 amide bonds. The van der Waals surface area contributed by atoms with Crippen LogP contribution in [0.2, 0.25) is 0 Å². The highest BCUT2D eigenvalue weighted by molar-refractivity contribution is 14.0. The van der Waals surface area contributed by atoms with Gasteiger partial charge in [-0.15, -0.1) is 24.0 Å². The normalized spacial score (nSPS) is 10.9. The van der Waals surface area contributed by atoms with Gasteiger partial charge in [0.25, 0.3) is 0 Å². The Balaban J connectivity index is 0.00000280. The summed E-state index contributed by atoms with van der Waals surface area (Å²) < 4.78 is 5.18. The molecule has 7 nitrogen and oxygen atoms in total. The maximum absolute atomic E-state index is 5.18. The summed E-state index contributed by atoms with van der Waals surface area (Å²) in [6.45, 7) is 1.47. The summed E-state index contributed by atoms with van der Waals surface area (Å²) in [5.41, 5.74) is 3.40. The van der Waals surface area contributed by atoms with Crippen LogP contribution >= 0.6 is 24.0 Å². The van der Waals surface area contributed by atoms with E-state index in [1.807, 2.05) is 24.3 Å². The molecule has 0 radical (unpaired) electrons. The molecule has 2 aromatic carbocycles. The van der Waals surface area contributed by atoms with Crippen molar-refractivity contribution in [1.29, 1.82) is 0 Å². The molecule has 3 aromatic rings. The van der Waals surface area contributed by atoms with Crippen LogP contribution in [0.5, 0.6) is 5.75 Å². The van der Waals surface area contributed by atoms with Gasteiger partial charge in [-0.3, -0.25) is 10.1 Å². The average molecular weight is 492 g/mol. The lowest BCUT2D eigenvalue weighted by Gasteiger charge is -2.12. The van der Waals surface area contributed by atoms with Crippen LogP contribution in [0.4, 0.5) is 0 Å². The molecule has 8 heteroatoms. The number of nitrogens with zero attached hydrogens (tertiary/aromatic N) is 3. The van der Waals surface area contributed by atoms with E-state index in [-0.39, 0.29) is 24.0 Å². The lowest BCUT2D eigenvalue weighted by atomic mass is 10.1. The highest BCUT2D eigenvalue weighted by atomic mass is 127. The number of halogens is 1. The molecule has 0 atom stereocenters. The fraction of sp³-hybridized carbons (Fsp3) is 0.250. The standard InChI is InChI=1S/C20H24N6O.HI/c1-21-20(22-11-10-15-6-8-18(27-2)9-7-15)23-13-16-4-3-5-17(12-16)19-24-14-25-26-19;/h3-9,12,14H,10-11,13H2,1-2H3,(H2,21,22,23)(H,24,25,26);1H. The zero-order chi connectivity index (χ0) is 18.9. The highest BCUT2D eigenvalue weighted by Crippen LogP contribution is 2.15. The van der Waals surface area contributed by atoms with Crippen molar-refractivity contribution < 1.29 is 4.74 Å². The van der Waals surface area contributed by atoms with E-state index in [1.54, 1.807) is 14.2 Å². The molecule has 148 valence electrons. The van der Waals surface area contributed by atoms with Crippen molar-refractivity contribution in [2.75, 3.05) is 20.7 Å². The third-order valence-corrected chi connectivity index (χ3v) is 4.16. The average Bonchev–Trinajstić information content (AvgIpc) is 3.26. The molecule has 0 saturated carbocycles. The lowest BCUT2D eigenvalue weighted by Crippen LogP contribution is -2.37. The molecule has 0 unspecified atom stereocenters. The van der Waals surface area contributed by atoms with Gasteiger partial charge in [0.05, 0.1) is 7.11 Å². The number of aromatic nitrogens is 3. The van der Waals surface area contributed by atoms with Crippen LogP contribution in [-0.4, -0.2) is 41.8 Å². The molecule has 28 heavy (non-hydrogen) atoms. The molecule has 0 aliphatic carbocycles. The largest absolute Gasteiger partial charge is 0.497 e. The summed E-state index contributed by atoms with van der Waals surface area (Å²) in [5, 5.41) is 13.5. The molecule has 0 bridgehead atoms. The van der Waals surface area contributed by atoms with Crippen LogP contribution in [0.1, 0.15) is 11.1 Å². The molecule has 0 fully saturated rings. The number of hydrogen-bond acceptors (Lipinski definition) is 4. The van der Waals surface area contributed by atoms with E-state index in [2.05, 4.69) is 55.1 Å². The lowest BCUT2D eigenvalue weighted by molar-refractivity contribution is 0.414. The second-order valence-corrected chi connectivity index (χ2v) is 5.99. The number of hydrogen-bond donors (Lipinski definition) is 3. The molecule has 3 rings (SSSR count). The van der Waals surface area contributed by atoms with Gasteiger partial charge in [-0.25, -0.2) is 4.98 Å². The van der Waals surface area contributed by atoms with Crippen LogP contribution in [0.25, 0.3) is 11.4 Å². The van der Waals surface area contributed by atoms with E-state index in [0.717, 1.165) is 41.6 Å². The van der Waals surface area contributed by atoms with Gasteiger partial charge in [-0.1, -0.05) is 30.3 Å². The van der Waals surface area contributed by atoms with Crippen molar-refractivity contribution in [1.82, 2.24) is 25.8 Å². The van der Waals surface area contributed by atoms with Crippen molar-refractivity contribution in [3.05, 3.63) is 66.0 Å². The van der Waals surface area contributed by atoms with Crippen molar-refractivity contribution >= 4 is 29.9 Å². The first kappa shape index (κ1) is 21.7. The summed E-state index contributed by atoms with van der Waals surface area (Å²) >= 11 is 0. The predicted octanol–water partition coefficient (Wildman–Crippen LogP) is 3.01.